The molecular weight excluding hydrogens is 360 g/mol. The van der Waals surface area contributed by atoms with Crippen LogP contribution in [0.15, 0.2) is 53.3 Å². The molecule has 0 aliphatic rings. The van der Waals surface area contributed by atoms with Gasteiger partial charge in [-0.15, -0.1) is 0 Å². The second kappa shape index (κ2) is 8.47. The van der Waals surface area contributed by atoms with Crippen LogP contribution in [0.25, 0.3) is 0 Å². The van der Waals surface area contributed by atoms with Crippen LogP contribution < -0.4 is 10.3 Å². The van der Waals surface area contributed by atoms with Crippen molar-refractivity contribution in [2.24, 2.45) is 0 Å². The molecule has 7 heteroatoms. The first kappa shape index (κ1) is 19.3. The summed E-state index contributed by atoms with van der Waals surface area (Å²) in [4.78, 5) is 24.6. The lowest BCUT2D eigenvalue weighted by atomic mass is 9.87. The number of rotatable bonds is 7. The minimum absolute atomic E-state index is 0.0367. The number of methoxy groups -OCH3 is 2. The van der Waals surface area contributed by atoms with Crippen molar-refractivity contribution in [1.29, 1.82) is 0 Å². The molecule has 0 amide bonds. The summed E-state index contributed by atoms with van der Waals surface area (Å²) in [5.74, 6) is -0.788. The van der Waals surface area contributed by atoms with Crippen LogP contribution in [0.4, 0.5) is 0 Å². The lowest BCUT2D eigenvalue weighted by Gasteiger charge is -2.17. The van der Waals surface area contributed by atoms with Crippen molar-refractivity contribution < 1.29 is 19.4 Å². The maximum Gasteiger partial charge on any atom is 0.306 e. The Bertz CT molecular complexity index is 1010. The van der Waals surface area contributed by atoms with Crippen molar-refractivity contribution in [3.05, 3.63) is 81.3 Å². The lowest BCUT2D eigenvalue weighted by molar-refractivity contribution is -0.140. The molecule has 3 N–H and O–H groups in total. The van der Waals surface area contributed by atoms with E-state index >= 15 is 0 Å². The number of carbonyl (C=O) groups is 1. The van der Waals surface area contributed by atoms with Gasteiger partial charge in [0.05, 0.1) is 20.6 Å². The van der Waals surface area contributed by atoms with Crippen molar-refractivity contribution in [3.8, 4) is 11.5 Å². The zero-order chi connectivity index (χ0) is 20.1. The Morgan fingerprint density at radius 1 is 1.11 bits per heavy atom. The Balaban J connectivity index is 2.06. The number of benzene rings is 2. The highest BCUT2D eigenvalue weighted by molar-refractivity contribution is 5.71. The Kier molecular flexibility index (Phi) is 5.84. The lowest BCUT2D eigenvalue weighted by Crippen LogP contribution is -2.18. The number of carbonyl (C=O) groups excluding carboxylic acids is 1. The van der Waals surface area contributed by atoms with Crippen molar-refractivity contribution in [3.63, 3.8) is 0 Å². The Morgan fingerprint density at radius 3 is 2.50 bits per heavy atom. The topological polar surface area (TPSA) is 104 Å². The number of nitrogens with one attached hydrogen (secondary N) is 2. The first-order valence-electron chi connectivity index (χ1n) is 8.80. The average Bonchev–Trinajstić information content (AvgIpc) is 3.06. The van der Waals surface area contributed by atoms with E-state index in [1.165, 1.54) is 20.3 Å². The summed E-state index contributed by atoms with van der Waals surface area (Å²) in [6, 6.07) is 14.5. The van der Waals surface area contributed by atoms with E-state index in [1.54, 1.807) is 12.1 Å². The number of aromatic amines is 2. The van der Waals surface area contributed by atoms with Gasteiger partial charge in [-0.3, -0.25) is 14.7 Å². The second-order valence-corrected chi connectivity index (χ2v) is 6.40. The van der Waals surface area contributed by atoms with Gasteiger partial charge in [-0.1, -0.05) is 36.4 Å². The molecule has 146 valence electrons. The molecule has 0 aliphatic carbocycles. The molecule has 1 heterocycles. The maximum absolute atomic E-state index is 12.6. The van der Waals surface area contributed by atoms with Crippen molar-refractivity contribution >= 4 is 5.97 Å². The number of H-pyrrole nitrogens is 2. The Morgan fingerprint density at radius 2 is 1.86 bits per heavy atom. The number of hydrogen-bond donors (Lipinski definition) is 3. The average molecular weight is 382 g/mol. The molecule has 7 nitrogen and oxygen atoms in total. The van der Waals surface area contributed by atoms with Gasteiger partial charge < -0.3 is 19.7 Å². The highest BCUT2D eigenvalue weighted by Crippen LogP contribution is 2.34. The SMILES string of the molecule is COC(=O)C[C@@H](c1ccc(OC)c(O)c1)c1c(Cc2ccccc2)[nH][nH]c1=O. The van der Waals surface area contributed by atoms with E-state index < -0.39 is 11.9 Å². The fraction of sp³-hybridized carbons (Fsp3) is 0.238. The standard InChI is InChI=1S/C21H22N2O5/c1-27-18-9-8-14(11-17(18)24)15(12-19(25)28-2)20-16(22-23-21(20)26)10-13-6-4-3-5-7-13/h3-9,11,15,24H,10,12H2,1-2H3,(H2,22,23,26)/t15-/m0/s1. The number of phenols is 1. The monoisotopic (exact) mass is 382 g/mol. The van der Waals surface area contributed by atoms with Crippen LogP contribution in [0.2, 0.25) is 0 Å². The summed E-state index contributed by atoms with van der Waals surface area (Å²) in [6.07, 6.45) is 0.458. The molecule has 3 rings (SSSR count). The smallest absolute Gasteiger partial charge is 0.306 e. The van der Waals surface area contributed by atoms with Gasteiger partial charge in [-0.25, -0.2) is 0 Å². The van der Waals surface area contributed by atoms with Gasteiger partial charge in [-0.05, 0) is 23.3 Å². The summed E-state index contributed by atoms with van der Waals surface area (Å²) in [5.41, 5.74) is 2.45. The molecular formula is C21H22N2O5. The predicted octanol–water partition coefficient (Wildman–Crippen LogP) is 2.70. The molecule has 0 unspecified atom stereocenters. The molecule has 2 aromatic carbocycles. The van der Waals surface area contributed by atoms with E-state index in [0.717, 1.165) is 5.56 Å². The third kappa shape index (κ3) is 4.09. The number of ether oxygens (including phenoxy) is 2. The fourth-order valence-electron chi connectivity index (χ4n) is 3.27. The van der Waals surface area contributed by atoms with Crippen LogP contribution in [0.5, 0.6) is 11.5 Å². The van der Waals surface area contributed by atoms with Gasteiger partial charge in [0.15, 0.2) is 11.5 Å². The van der Waals surface area contributed by atoms with E-state index in [9.17, 15) is 14.7 Å². The van der Waals surface area contributed by atoms with Gasteiger partial charge in [0.25, 0.3) is 5.56 Å². The van der Waals surface area contributed by atoms with Crippen molar-refractivity contribution in [2.75, 3.05) is 14.2 Å². The van der Waals surface area contributed by atoms with Gasteiger partial charge in [0, 0.05) is 23.6 Å². The van der Waals surface area contributed by atoms with Crippen LogP contribution in [0.1, 0.15) is 34.7 Å². The van der Waals surface area contributed by atoms with Crippen LogP contribution >= 0.6 is 0 Å². The minimum atomic E-state index is -0.585. The zero-order valence-electron chi connectivity index (χ0n) is 15.7. The molecule has 0 fully saturated rings. The van der Waals surface area contributed by atoms with E-state index in [-0.39, 0.29) is 17.7 Å². The number of aromatic hydroxyl groups is 1. The van der Waals surface area contributed by atoms with Crippen LogP contribution in [-0.4, -0.2) is 35.5 Å². The van der Waals surface area contributed by atoms with E-state index in [4.69, 9.17) is 9.47 Å². The molecule has 28 heavy (non-hydrogen) atoms. The van der Waals surface area contributed by atoms with E-state index in [1.807, 2.05) is 30.3 Å². The fourth-order valence-corrected chi connectivity index (χ4v) is 3.27. The molecule has 0 saturated carbocycles. The summed E-state index contributed by atoms with van der Waals surface area (Å²) in [5, 5.41) is 15.7. The highest BCUT2D eigenvalue weighted by atomic mass is 16.5. The summed E-state index contributed by atoms with van der Waals surface area (Å²) in [6.45, 7) is 0. The summed E-state index contributed by atoms with van der Waals surface area (Å²) in [7, 11) is 2.76. The highest BCUT2D eigenvalue weighted by Gasteiger charge is 2.26. The zero-order valence-corrected chi connectivity index (χ0v) is 15.7. The molecule has 0 bridgehead atoms. The van der Waals surface area contributed by atoms with Gasteiger partial charge in [-0.2, -0.15) is 0 Å². The quantitative estimate of drug-likeness (QED) is 0.545. The Labute approximate surface area is 161 Å². The predicted molar refractivity (Wildman–Crippen MR) is 104 cm³/mol. The molecule has 0 radical (unpaired) electrons. The second-order valence-electron chi connectivity index (χ2n) is 6.40. The first-order chi connectivity index (χ1) is 13.5. The Hall–Kier alpha value is -3.48. The normalized spacial score (nSPS) is 11.8. The molecule has 1 atom stereocenters. The summed E-state index contributed by atoms with van der Waals surface area (Å²) >= 11 is 0. The van der Waals surface area contributed by atoms with Crippen LogP contribution in [0.3, 0.4) is 0 Å². The molecule has 0 spiro atoms. The number of phenolic OH excluding ortho intramolecular Hbond substituents is 1. The molecule has 3 aromatic rings. The van der Waals surface area contributed by atoms with Crippen LogP contribution in [-0.2, 0) is 16.0 Å². The third-order valence-electron chi connectivity index (χ3n) is 4.67. The van der Waals surface area contributed by atoms with Crippen LogP contribution in [0, 0.1) is 0 Å². The summed E-state index contributed by atoms with van der Waals surface area (Å²) < 4.78 is 9.91. The van der Waals surface area contributed by atoms with Gasteiger partial charge in [0.2, 0.25) is 0 Å². The maximum atomic E-state index is 12.6. The number of esters is 1. The van der Waals surface area contributed by atoms with E-state index in [0.29, 0.717) is 29.0 Å². The first-order valence-corrected chi connectivity index (χ1v) is 8.80. The molecule has 0 saturated heterocycles. The molecule has 1 aromatic heterocycles. The minimum Gasteiger partial charge on any atom is -0.504 e. The third-order valence-corrected chi connectivity index (χ3v) is 4.67. The molecule has 0 aliphatic heterocycles. The van der Waals surface area contributed by atoms with Crippen molar-refractivity contribution in [2.45, 2.75) is 18.8 Å². The largest absolute Gasteiger partial charge is 0.504 e. The number of aromatic nitrogens is 2. The van der Waals surface area contributed by atoms with Crippen molar-refractivity contribution in [1.82, 2.24) is 10.2 Å². The van der Waals surface area contributed by atoms with E-state index in [2.05, 4.69) is 10.2 Å². The number of hydrogen-bond acceptors (Lipinski definition) is 5. The van der Waals surface area contributed by atoms with Gasteiger partial charge >= 0.3 is 5.97 Å². The van der Waals surface area contributed by atoms with Gasteiger partial charge in [0.1, 0.15) is 0 Å².